The number of hydrogen-bond donors (Lipinski definition) is 2. The molecule has 2 rings (SSSR count). The maximum Gasteiger partial charge on any atom is 0.387 e. The lowest BCUT2D eigenvalue weighted by Gasteiger charge is -2.17. The van der Waals surface area contributed by atoms with Crippen molar-refractivity contribution in [2.75, 3.05) is 6.54 Å². The molecular formula is C14H19F2NO2. The molecule has 0 heterocycles. The first-order valence-corrected chi connectivity index (χ1v) is 6.52. The standard InChI is InChI=1S/C14H19F2NO2/c1-9(10-5-6-10)17-8-13(18)11-3-2-4-12(7-11)19-14(15)16/h2-4,7,9-10,13-14,17-18H,5-6,8H2,1H3. The van der Waals surface area contributed by atoms with Crippen LogP contribution in [-0.2, 0) is 0 Å². The molecule has 1 fully saturated rings. The summed E-state index contributed by atoms with van der Waals surface area (Å²) in [6.45, 7) is -0.336. The van der Waals surface area contributed by atoms with E-state index < -0.39 is 12.7 Å². The second-order valence-corrected chi connectivity index (χ2v) is 5.00. The molecule has 0 aromatic heterocycles. The van der Waals surface area contributed by atoms with Crippen LogP contribution in [0.15, 0.2) is 24.3 Å². The summed E-state index contributed by atoms with van der Waals surface area (Å²) in [7, 11) is 0. The molecule has 0 bridgehead atoms. The Morgan fingerprint density at radius 1 is 1.42 bits per heavy atom. The van der Waals surface area contributed by atoms with E-state index in [-0.39, 0.29) is 5.75 Å². The summed E-state index contributed by atoms with van der Waals surface area (Å²) in [6.07, 6.45) is 1.76. The lowest BCUT2D eigenvalue weighted by atomic mass is 10.1. The van der Waals surface area contributed by atoms with Gasteiger partial charge in [0.15, 0.2) is 0 Å². The van der Waals surface area contributed by atoms with Crippen LogP contribution in [0.3, 0.4) is 0 Å². The predicted octanol–water partition coefficient (Wildman–Crippen LogP) is 2.71. The molecule has 2 unspecified atom stereocenters. The van der Waals surface area contributed by atoms with E-state index in [2.05, 4.69) is 17.0 Å². The van der Waals surface area contributed by atoms with Gasteiger partial charge in [-0.25, -0.2) is 0 Å². The van der Waals surface area contributed by atoms with Crippen LogP contribution in [0, 0.1) is 5.92 Å². The molecule has 1 aromatic carbocycles. The number of ether oxygens (including phenoxy) is 1. The van der Waals surface area contributed by atoms with Crippen molar-refractivity contribution in [1.82, 2.24) is 5.32 Å². The van der Waals surface area contributed by atoms with Crippen LogP contribution in [0.4, 0.5) is 8.78 Å². The average molecular weight is 271 g/mol. The Bertz CT molecular complexity index is 410. The Hall–Kier alpha value is -1.20. The van der Waals surface area contributed by atoms with Gasteiger partial charge < -0.3 is 15.2 Å². The molecular weight excluding hydrogens is 252 g/mol. The van der Waals surface area contributed by atoms with Gasteiger partial charge >= 0.3 is 6.61 Å². The fraction of sp³-hybridized carbons (Fsp3) is 0.571. The van der Waals surface area contributed by atoms with Gasteiger partial charge in [0.2, 0.25) is 0 Å². The number of halogens is 2. The number of aliphatic hydroxyl groups is 1. The van der Waals surface area contributed by atoms with E-state index in [4.69, 9.17) is 0 Å². The zero-order valence-electron chi connectivity index (χ0n) is 10.9. The van der Waals surface area contributed by atoms with E-state index in [1.54, 1.807) is 12.1 Å². The molecule has 0 amide bonds. The van der Waals surface area contributed by atoms with Crippen LogP contribution < -0.4 is 10.1 Å². The van der Waals surface area contributed by atoms with Gasteiger partial charge in [-0.05, 0) is 43.4 Å². The molecule has 0 aliphatic heterocycles. The summed E-state index contributed by atoms with van der Waals surface area (Å²) in [5.74, 6) is 0.780. The zero-order chi connectivity index (χ0) is 13.8. The minimum Gasteiger partial charge on any atom is -0.435 e. The van der Waals surface area contributed by atoms with E-state index in [9.17, 15) is 13.9 Å². The average Bonchev–Trinajstić information content (AvgIpc) is 3.19. The first-order chi connectivity index (χ1) is 9.06. The zero-order valence-corrected chi connectivity index (χ0v) is 10.9. The minimum absolute atomic E-state index is 0.0711. The molecule has 0 spiro atoms. The van der Waals surface area contributed by atoms with Gasteiger partial charge in [-0.3, -0.25) is 0 Å². The number of alkyl halides is 2. The maximum atomic E-state index is 12.1. The summed E-state index contributed by atoms with van der Waals surface area (Å²) < 4.78 is 28.5. The summed E-state index contributed by atoms with van der Waals surface area (Å²) >= 11 is 0. The van der Waals surface area contributed by atoms with Crippen LogP contribution in [0.1, 0.15) is 31.4 Å². The predicted molar refractivity (Wildman–Crippen MR) is 68.2 cm³/mol. The van der Waals surface area contributed by atoms with Crippen molar-refractivity contribution < 1.29 is 18.6 Å². The second kappa shape index (κ2) is 6.30. The fourth-order valence-corrected chi connectivity index (χ4v) is 2.08. The van der Waals surface area contributed by atoms with Gasteiger partial charge in [-0.1, -0.05) is 12.1 Å². The molecule has 106 valence electrons. The molecule has 0 saturated heterocycles. The van der Waals surface area contributed by atoms with Gasteiger partial charge in [0, 0.05) is 12.6 Å². The summed E-state index contributed by atoms with van der Waals surface area (Å²) in [5.41, 5.74) is 0.577. The highest BCUT2D eigenvalue weighted by atomic mass is 19.3. The monoisotopic (exact) mass is 271 g/mol. The van der Waals surface area contributed by atoms with Crippen LogP contribution in [-0.4, -0.2) is 24.3 Å². The highest BCUT2D eigenvalue weighted by Gasteiger charge is 2.27. The number of hydrogen-bond acceptors (Lipinski definition) is 3. The van der Waals surface area contributed by atoms with Crippen LogP contribution in [0.25, 0.3) is 0 Å². The SMILES string of the molecule is CC(NCC(O)c1cccc(OC(F)F)c1)C1CC1. The Balaban J connectivity index is 1.88. The normalized spacial score (nSPS) is 18.4. The summed E-state index contributed by atoms with van der Waals surface area (Å²) in [4.78, 5) is 0. The molecule has 5 heteroatoms. The molecule has 3 nitrogen and oxygen atoms in total. The molecule has 19 heavy (non-hydrogen) atoms. The number of aliphatic hydroxyl groups excluding tert-OH is 1. The highest BCUT2D eigenvalue weighted by molar-refractivity contribution is 5.30. The quantitative estimate of drug-likeness (QED) is 0.801. The summed E-state index contributed by atoms with van der Waals surface area (Å²) in [6, 6.07) is 6.57. The molecule has 1 aromatic rings. The third-order valence-corrected chi connectivity index (χ3v) is 3.43. The first-order valence-electron chi connectivity index (χ1n) is 6.52. The lowest BCUT2D eigenvalue weighted by molar-refractivity contribution is -0.0499. The van der Waals surface area contributed by atoms with Gasteiger partial charge in [0.25, 0.3) is 0 Å². The summed E-state index contributed by atoms with van der Waals surface area (Å²) in [5, 5.41) is 13.3. The molecule has 1 saturated carbocycles. The van der Waals surface area contributed by atoms with Crippen molar-refractivity contribution in [1.29, 1.82) is 0 Å². The van der Waals surface area contributed by atoms with Crippen LogP contribution >= 0.6 is 0 Å². The van der Waals surface area contributed by atoms with E-state index in [1.807, 2.05) is 0 Å². The molecule has 2 atom stereocenters. The van der Waals surface area contributed by atoms with Crippen LogP contribution in [0.2, 0.25) is 0 Å². The van der Waals surface area contributed by atoms with E-state index >= 15 is 0 Å². The molecule has 0 radical (unpaired) electrons. The van der Waals surface area contributed by atoms with Crippen molar-refractivity contribution in [3.8, 4) is 5.75 Å². The topological polar surface area (TPSA) is 41.5 Å². The number of nitrogens with one attached hydrogen (secondary N) is 1. The number of benzene rings is 1. The minimum atomic E-state index is -2.85. The third kappa shape index (κ3) is 4.44. The van der Waals surface area contributed by atoms with Crippen molar-refractivity contribution in [2.45, 2.75) is 38.5 Å². The Morgan fingerprint density at radius 3 is 2.79 bits per heavy atom. The van der Waals surface area contributed by atoms with Crippen LogP contribution in [0.5, 0.6) is 5.75 Å². The number of rotatable bonds is 7. The third-order valence-electron chi connectivity index (χ3n) is 3.43. The van der Waals surface area contributed by atoms with Crippen molar-refractivity contribution in [3.05, 3.63) is 29.8 Å². The van der Waals surface area contributed by atoms with Crippen molar-refractivity contribution in [3.63, 3.8) is 0 Å². The second-order valence-electron chi connectivity index (χ2n) is 5.00. The van der Waals surface area contributed by atoms with Gasteiger partial charge in [-0.2, -0.15) is 8.78 Å². The van der Waals surface area contributed by atoms with E-state index in [0.29, 0.717) is 24.1 Å². The maximum absolute atomic E-state index is 12.1. The molecule has 2 N–H and O–H groups in total. The van der Waals surface area contributed by atoms with E-state index in [1.165, 1.54) is 25.0 Å². The fourth-order valence-electron chi connectivity index (χ4n) is 2.08. The first kappa shape index (κ1) is 14.2. The smallest absolute Gasteiger partial charge is 0.387 e. The van der Waals surface area contributed by atoms with Gasteiger partial charge in [-0.15, -0.1) is 0 Å². The Labute approximate surface area is 111 Å². The Morgan fingerprint density at radius 2 is 2.16 bits per heavy atom. The Kier molecular flexibility index (Phi) is 4.71. The van der Waals surface area contributed by atoms with E-state index in [0.717, 1.165) is 0 Å². The lowest BCUT2D eigenvalue weighted by Crippen LogP contribution is -2.31. The highest BCUT2D eigenvalue weighted by Crippen LogP contribution is 2.32. The molecule has 1 aliphatic carbocycles. The van der Waals surface area contributed by atoms with Gasteiger partial charge in [0.1, 0.15) is 5.75 Å². The van der Waals surface area contributed by atoms with Crippen molar-refractivity contribution >= 4 is 0 Å². The van der Waals surface area contributed by atoms with Gasteiger partial charge in [0.05, 0.1) is 6.10 Å². The van der Waals surface area contributed by atoms with Crippen molar-refractivity contribution in [2.24, 2.45) is 5.92 Å². The largest absolute Gasteiger partial charge is 0.435 e. The molecule has 1 aliphatic rings.